The van der Waals surface area contributed by atoms with E-state index in [1.807, 2.05) is 69.4 Å². The average molecular weight is 508 g/mol. The second-order valence-electron chi connectivity index (χ2n) is 10.1. The minimum Gasteiger partial charge on any atom is -0.388 e. The molecule has 0 aromatic rings. The standard InChI is InChI=1S/C34H53NO2/c1-28(21-15-12-13-20-26-35)22-16-14-17-23-29(2)27-32(5)34(37)31(4)25-19-11-9-7-8-10-18-24-30(3)33(6)36/h7-12,15-16,18-19,22,24-25,27-29,31,34,37H,13-14,17,20-21,23,26,35H2,1-6H3/b8-7+,11-9+,15-12+,18-10+,22-16+,25-19+,30-24+,32-27+. The molecule has 4 unspecified atom stereocenters. The van der Waals surface area contributed by atoms with E-state index in [0.29, 0.717) is 11.8 Å². The molecule has 3 N–H and O–H groups in total. The molecule has 0 radical (unpaired) electrons. The highest BCUT2D eigenvalue weighted by Crippen LogP contribution is 2.19. The molecule has 0 fully saturated rings. The first-order valence-corrected chi connectivity index (χ1v) is 13.9. The molecule has 0 heterocycles. The van der Waals surface area contributed by atoms with Gasteiger partial charge in [-0.05, 0) is 88.8 Å². The predicted octanol–water partition coefficient (Wildman–Crippen LogP) is 8.37. The lowest BCUT2D eigenvalue weighted by molar-refractivity contribution is -0.113. The van der Waals surface area contributed by atoms with Crippen LogP contribution >= 0.6 is 0 Å². The first kappa shape index (κ1) is 34.5. The van der Waals surface area contributed by atoms with Crippen molar-refractivity contribution in [1.29, 1.82) is 0 Å². The molecule has 3 nitrogen and oxygen atoms in total. The Labute approximate surface area is 228 Å². The molecule has 0 amide bonds. The van der Waals surface area contributed by atoms with Crippen LogP contribution in [0.2, 0.25) is 0 Å². The predicted molar refractivity (Wildman–Crippen MR) is 163 cm³/mol. The van der Waals surface area contributed by atoms with E-state index in [2.05, 4.69) is 44.2 Å². The third-order valence-corrected chi connectivity index (χ3v) is 6.24. The van der Waals surface area contributed by atoms with Gasteiger partial charge in [0.1, 0.15) is 0 Å². The van der Waals surface area contributed by atoms with Crippen LogP contribution in [0.15, 0.2) is 96.2 Å². The van der Waals surface area contributed by atoms with Crippen LogP contribution in [0.25, 0.3) is 0 Å². The summed E-state index contributed by atoms with van der Waals surface area (Å²) < 4.78 is 0. The van der Waals surface area contributed by atoms with Crippen molar-refractivity contribution >= 4 is 5.78 Å². The van der Waals surface area contributed by atoms with E-state index in [1.54, 1.807) is 13.0 Å². The number of hydrogen-bond acceptors (Lipinski definition) is 3. The number of unbranched alkanes of at least 4 members (excludes halogenated alkanes) is 2. The van der Waals surface area contributed by atoms with E-state index >= 15 is 0 Å². The minimum absolute atomic E-state index is 0.0467. The quantitative estimate of drug-likeness (QED) is 0.0798. The molecular formula is C34H53NO2. The summed E-state index contributed by atoms with van der Waals surface area (Å²) in [7, 11) is 0. The Balaban J connectivity index is 4.36. The van der Waals surface area contributed by atoms with E-state index in [-0.39, 0.29) is 11.7 Å². The zero-order chi connectivity index (χ0) is 27.9. The summed E-state index contributed by atoms with van der Waals surface area (Å²) in [6.07, 6.45) is 34.8. The number of carbonyl (C=O) groups excluding carboxylic acids is 1. The normalized spacial score (nSPS) is 17.3. The van der Waals surface area contributed by atoms with Gasteiger partial charge < -0.3 is 10.8 Å². The number of Topliss-reactive ketones (excluding diaryl/α,β-unsaturated/α-hetero) is 1. The molecule has 0 aromatic heterocycles. The van der Waals surface area contributed by atoms with Crippen LogP contribution in [0, 0.1) is 17.8 Å². The van der Waals surface area contributed by atoms with Crippen molar-refractivity contribution in [2.45, 2.75) is 86.2 Å². The van der Waals surface area contributed by atoms with Gasteiger partial charge in [-0.25, -0.2) is 0 Å². The molecule has 0 aliphatic rings. The van der Waals surface area contributed by atoms with E-state index in [4.69, 9.17) is 5.73 Å². The third-order valence-electron chi connectivity index (χ3n) is 6.24. The summed E-state index contributed by atoms with van der Waals surface area (Å²) in [4.78, 5) is 11.1. The Bertz CT molecular complexity index is 851. The lowest BCUT2D eigenvalue weighted by atomic mass is 9.93. The summed E-state index contributed by atoms with van der Waals surface area (Å²) in [5, 5.41) is 10.7. The summed E-state index contributed by atoms with van der Waals surface area (Å²) >= 11 is 0. The lowest BCUT2D eigenvalue weighted by Gasteiger charge is -2.18. The molecule has 0 aliphatic heterocycles. The molecular weight excluding hydrogens is 454 g/mol. The Morgan fingerprint density at radius 1 is 0.784 bits per heavy atom. The fraction of sp³-hybridized carbons (Fsp3) is 0.500. The van der Waals surface area contributed by atoms with Gasteiger partial charge in [0.2, 0.25) is 0 Å². The van der Waals surface area contributed by atoms with Crippen LogP contribution < -0.4 is 5.73 Å². The zero-order valence-corrected chi connectivity index (χ0v) is 24.3. The number of rotatable bonds is 19. The fourth-order valence-corrected chi connectivity index (χ4v) is 3.66. The van der Waals surface area contributed by atoms with Crippen molar-refractivity contribution in [2.24, 2.45) is 23.5 Å². The number of aliphatic hydroxyl groups is 1. The highest BCUT2D eigenvalue weighted by Gasteiger charge is 2.13. The zero-order valence-electron chi connectivity index (χ0n) is 24.3. The van der Waals surface area contributed by atoms with Crippen LogP contribution in [-0.2, 0) is 4.79 Å². The number of allylic oxidation sites excluding steroid dienone is 14. The minimum atomic E-state index is -0.472. The number of aliphatic hydroxyl groups excluding tert-OH is 1. The molecule has 206 valence electrons. The van der Waals surface area contributed by atoms with Crippen molar-refractivity contribution in [3.05, 3.63) is 96.2 Å². The highest BCUT2D eigenvalue weighted by atomic mass is 16.3. The molecule has 4 atom stereocenters. The molecule has 37 heavy (non-hydrogen) atoms. The molecule has 0 rings (SSSR count). The van der Waals surface area contributed by atoms with Crippen molar-refractivity contribution in [2.75, 3.05) is 6.54 Å². The number of nitrogens with two attached hydrogens (primary N) is 1. The molecule has 0 bridgehead atoms. The van der Waals surface area contributed by atoms with Gasteiger partial charge in [-0.1, -0.05) is 106 Å². The van der Waals surface area contributed by atoms with Crippen LogP contribution in [0.5, 0.6) is 0 Å². The third kappa shape index (κ3) is 20.3. The fourth-order valence-electron chi connectivity index (χ4n) is 3.66. The van der Waals surface area contributed by atoms with E-state index in [0.717, 1.165) is 56.2 Å². The van der Waals surface area contributed by atoms with Crippen molar-refractivity contribution in [3.63, 3.8) is 0 Å². The Hall–Kier alpha value is -2.49. The van der Waals surface area contributed by atoms with Gasteiger partial charge in [-0.3, -0.25) is 4.79 Å². The van der Waals surface area contributed by atoms with Crippen molar-refractivity contribution in [3.8, 4) is 0 Å². The largest absolute Gasteiger partial charge is 0.388 e. The molecule has 0 aliphatic carbocycles. The van der Waals surface area contributed by atoms with E-state index in [9.17, 15) is 9.90 Å². The van der Waals surface area contributed by atoms with Gasteiger partial charge >= 0.3 is 0 Å². The maximum Gasteiger partial charge on any atom is 0.155 e. The van der Waals surface area contributed by atoms with Crippen LogP contribution in [-0.4, -0.2) is 23.5 Å². The summed E-state index contributed by atoms with van der Waals surface area (Å²) in [5.74, 6) is 1.16. The van der Waals surface area contributed by atoms with E-state index in [1.165, 1.54) is 0 Å². The second-order valence-corrected chi connectivity index (χ2v) is 10.1. The highest BCUT2D eigenvalue weighted by molar-refractivity contribution is 5.92. The number of carbonyl (C=O) groups is 1. The summed E-state index contributed by atoms with van der Waals surface area (Å²) in [6.45, 7) is 12.7. The molecule has 3 heteroatoms. The number of ketones is 1. The lowest BCUT2D eigenvalue weighted by Crippen LogP contribution is -2.17. The SMILES string of the molecule is CC(=O)/C(C)=C/C=C/C=C/C=C/C=C/C(C)C(O)/C(C)=C/C(C)CCC/C=C/C(C)C/C=C/CCCN. The monoisotopic (exact) mass is 507 g/mol. The van der Waals surface area contributed by atoms with E-state index < -0.39 is 6.10 Å². The average Bonchev–Trinajstić information content (AvgIpc) is 2.86. The maximum absolute atomic E-state index is 11.1. The van der Waals surface area contributed by atoms with Crippen molar-refractivity contribution < 1.29 is 9.90 Å². The molecule has 0 spiro atoms. The topological polar surface area (TPSA) is 63.3 Å². The van der Waals surface area contributed by atoms with Crippen LogP contribution in [0.4, 0.5) is 0 Å². The Morgan fingerprint density at radius 2 is 1.41 bits per heavy atom. The van der Waals surface area contributed by atoms with Crippen LogP contribution in [0.1, 0.15) is 80.1 Å². The smallest absolute Gasteiger partial charge is 0.155 e. The Kier molecular flexibility index (Phi) is 21.2. The molecule has 0 saturated heterocycles. The maximum atomic E-state index is 11.1. The summed E-state index contributed by atoms with van der Waals surface area (Å²) in [5.41, 5.74) is 7.30. The van der Waals surface area contributed by atoms with Crippen molar-refractivity contribution in [1.82, 2.24) is 0 Å². The first-order chi connectivity index (χ1) is 17.7. The van der Waals surface area contributed by atoms with Gasteiger partial charge in [0.15, 0.2) is 5.78 Å². The van der Waals surface area contributed by atoms with Gasteiger partial charge in [0.05, 0.1) is 6.10 Å². The van der Waals surface area contributed by atoms with Gasteiger partial charge in [-0.2, -0.15) is 0 Å². The Morgan fingerprint density at radius 3 is 2.05 bits per heavy atom. The molecule has 0 saturated carbocycles. The summed E-state index contributed by atoms with van der Waals surface area (Å²) in [6, 6.07) is 0. The van der Waals surface area contributed by atoms with Crippen LogP contribution in [0.3, 0.4) is 0 Å². The van der Waals surface area contributed by atoms with Gasteiger partial charge in [0.25, 0.3) is 0 Å². The second kappa shape index (κ2) is 22.7. The van der Waals surface area contributed by atoms with Gasteiger partial charge in [-0.15, -0.1) is 0 Å². The first-order valence-electron chi connectivity index (χ1n) is 13.9. The number of hydrogen-bond donors (Lipinski definition) is 2. The molecule has 0 aromatic carbocycles. The van der Waals surface area contributed by atoms with Gasteiger partial charge in [0, 0.05) is 5.92 Å².